The third-order valence-corrected chi connectivity index (χ3v) is 7.86. The summed E-state index contributed by atoms with van der Waals surface area (Å²) in [7, 11) is -3.74. The lowest BCUT2D eigenvalue weighted by Gasteiger charge is -2.38. The zero-order valence-corrected chi connectivity index (χ0v) is 18.6. The SMILES string of the molecule is Cc1ccc(C(=O)OCC(=O)N2[C@H](C)CCC[C@H]2C)cc1S(=O)(=O)N1CCOCC1. The molecule has 0 aromatic heterocycles. The molecule has 0 N–H and O–H groups in total. The fourth-order valence-electron chi connectivity index (χ4n) is 4.13. The normalized spacial score (nSPS) is 23.2. The van der Waals surface area contributed by atoms with E-state index in [0.717, 1.165) is 19.3 Å². The number of morpholine rings is 1. The Morgan fingerprint density at radius 2 is 1.77 bits per heavy atom. The van der Waals surface area contributed by atoms with Gasteiger partial charge in [0.1, 0.15) is 0 Å². The van der Waals surface area contributed by atoms with Crippen molar-refractivity contribution in [1.82, 2.24) is 9.21 Å². The average Bonchev–Trinajstić information content (AvgIpc) is 2.72. The van der Waals surface area contributed by atoms with E-state index in [0.29, 0.717) is 18.8 Å². The summed E-state index contributed by atoms with van der Waals surface area (Å²) >= 11 is 0. The molecule has 8 nitrogen and oxygen atoms in total. The fourth-order valence-corrected chi connectivity index (χ4v) is 5.79. The summed E-state index contributed by atoms with van der Waals surface area (Å²) in [5.74, 6) is -0.935. The first kappa shape index (κ1) is 22.7. The minimum atomic E-state index is -3.74. The molecule has 0 unspecified atom stereocenters. The number of nitrogens with zero attached hydrogens (tertiary/aromatic N) is 2. The molecule has 0 bridgehead atoms. The Balaban J connectivity index is 1.71. The molecule has 30 heavy (non-hydrogen) atoms. The minimum Gasteiger partial charge on any atom is -0.452 e. The number of sulfonamides is 1. The minimum absolute atomic E-state index is 0.0726. The lowest BCUT2D eigenvalue weighted by atomic mass is 9.97. The van der Waals surface area contributed by atoms with E-state index >= 15 is 0 Å². The Morgan fingerprint density at radius 3 is 2.40 bits per heavy atom. The van der Waals surface area contributed by atoms with Gasteiger partial charge in [-0.25, -0.2) is 13.2 Å². The molecular weight excluding hydrogens is 408 g/mol. The summed E-state index contributed by atoms with van der Waals surface area (Å²) in [6.45, 7) is 6.56. The van der Waals surface area contributed by atoms with E-state index in [9.17, 15) is 18.0 Å². The molecule has 1 amide bonds. The van der Waals surface area contributed by atoms with Crippen LogP contribution in [0.5, 0.6) is 0 Å². The molecule has 2 atom stereocenters. The van der Waals surface area contributed by atoms with Gasteiger partial charge in [0.25, 0.3) is 5.91 Å². The van der Waals surface area contributed by atoms with Crippen molar-refractivity contribution in [2.24, 2.45) is 0 Å². The van der Waals surface area contributed by atoms with Gasteiger partial charge in [-0.15, -0.1) is 0 Å². The second kappa shape index (κ2) is 9.45. The van der Waals surface area contributed by atoms with Gasteiger partial charge in [0.05, 0.1) is 23.7 Å². The number of hydrogen-bond donors (Lipinski definition) is 0. The van der Waals surface area contributed by atoms with Crippen molar-refractivity contribution in [3.8, 4) is 0 Å². The number of likely N-dealkylation sites (tertiary alicyclic amines) is 1. The lowest BCUT2D eigenvalue weighted by molar-refractivity contribution is -0.140. The van der Waals surface area contributed by atoms with E-state index in [2.05, 4.69) is 0 Å². The van der Waals surface area contributed by atoms with Crippen molar-refractivity contribution in [3.05, 3.63) is 29.3 Å². The van der Waals surface area contributed by atoms with Crippen LogP contribution in [0.15, 0.2) is 23.1 Å². The topological polar surface area (TPSA) is 93.2 Å². The second-order valence-electron chi connectivity index (χ2n) is 8.00. The van der Waals surface area contributed by atoms with Crippen molar-refractivity contribution < 1.29 is 27.5 Å². The Bertz CT molecular complexity index is 885. The highest BCUT2D eigenvalue weighted by atomic mass is 32.2. The summed E-state index contributed by atoms with van der Waals surface area (Å²) in [6.07, 6.45) is 2.95. The molecule has 0 radical (unpaired) electrons. The molecule has 2 saturated heterocycles. The van der Waals surface area contributed by atoms with Crippen molar-refractivity contribution in [2.75, 3.05) is 32.9 Å². The van der Waals surface area contributed by atoms with Crippen LogP contribution in [0.3, 0.4) is 0 Å². The number of hydrogen-bond acceptors (Lipinski definition) is 6. The fraction of sp³-hybridized carbons (Fsp3) is 0.619. The highest BCUT2D eigenvalue weighted by molar-refractivity contribution is 7.89. The van der Waals surface area contributed by atoms with Gasteiger partial charge in [-0.05, 0) is 57.7 Å². The largest absolute Gasteiger partial charge is 0.452 e. The standard InChI is InChI=1S/C21H30N2O6S/c1-15-7-8-18(13-19(15)30(26,27)22-9-11-28-12-10-22)21(25)29-14-20(24)23-16(2)5-4-6-17(23)3/h7-8,13,16-17H,4-6,9-12,14H2,1-3H3/t16-,17-/m1/s1. The van der Waals surface area contributed by atoms with Gasteiger partial charge in [0.15, 0.2) is 6.61 Å². The van der Waals surface area contributed by atoms with E-state index in [-0.39, 0.29) is 48.1 Å². The highest BCUT2D eigenvalue weighted by Gasteiger charge is 2.31. The number of ether oxygens (including phenoxy) is 2. The van der Waals surface area contributed by atoms with Crippen LogP contribution in [0.2, 0.25) is 0 Å². The van der Waals surface area contributed by atoms with Crippen LogP contribution in [-0.4, -0.2) is 74.5 Å². The number of esters is 1. The molecule has 166 valence electrons. The van der Waals surface area contributed by atoms with Crippen molar-refractivity contribution in [1.29, 1.82) is 0 Å². The maximum atomic E-state index is 13.0. The molecule has 2 aliphatic rings. The van der Waals surface area contributed by atoms with Crippen LogP contribution in [0.25, 0.3) is 0 Å². The first-order chi connectivity index (χ1) is 14.2. The number of piperidine rings is 1. The number of rotatable bonds is 5. The average molecular weight is 439 g/mol. The summed E-state index contributed by atoms with van der Waals surface area (Å²) in [4.78, 5) is 27.0. The molecule has 0 spiro atoms. The Labute approximate surface area is 178 Å². The predicted molar refractivity (Wildman–Crippen MR) is 111 cm³/mol. The summed E-state index contributed by atoms with van der Waals surface area (Å²) < 4.78 is 37.8. The van der Waals surface area contributed by atoms with Crippen LogP contribution in [-0.2, 0) is 24.3 Å². The molecule has 1 aromatic carbocycles. The smallest absolute Gasteiger partial charge is 0.338 e. The summed E-state index contributed by atoms with van der Waals surface area (Å²) in [5.41, 5.74) is 0.657. The second-order valence-corrected chi connectivity index (χ2v) is 9.91. The van der Waals surface area contributed by atoms with Gasteiger partial charge in [0.2, 0.25) is 10.0 Å². The van der Waals surface area contributed by atoms with E-state index in [1.165, 1.54) is 16.4 Å². The molecule has 3 rings (SSSR count). The highest BCUT2D eigenvalue weighted by Crippen LogP contribution is 2.24. The van der Waals surface area contributed by atoms with Gasteiger partial charge < -0.3 is 14.4 Å². The summed E-state index contributed by atoms with van der Waals surface area (Å²) in [6, 6.07) is 4.67. The molecule has 9 heteroatoms. The van der Waals surface area contributed by atoms with Crippen molar-refractivity contribution in [2.45, 2.75) is 57.0 Å². The van der Waals surface area contributed by atoms with E-state index in [1.807, 2.05) is 13.8 Å². The van der Waals surface area contributed by atoms with Crippen LogP contribution >= 0.6 is 0 Å². The van der Waals surface area contributed by atoms with Crippen LogP contribution < -0.4 is 0 Å². The monoisotopic (exact) mass is 438 g/mol. The van der Waals surface area contributed by atoms with E-state index < -0.39 is 16.0 Å². The first-order valence-corrected chi connectivity index (χ1v) is 11.8. The molecule has 2 heterocycles. The number of aryl methyl sites for hydroxylation is 1. The predicted octanol–water partition coefficient (Wildman–Crippen LogP) is 1.96. The van der Waals surface area contributed by atoms with Crippen molar-refractivity contribution in [3.63, 3.8) is 0 Å². The Kier molecular flexibility index (Phi) is 7.15. The van der Waals surface area contributed by atoms with Crippen molar-refractivity contribution >= 4 is 21.9 Å². The Morgan fingerprint density at radius 1 is 1.13 bits per heavy atom. The number of benzene rings is 1. The number of amides is 1. The van der Waals surface area contributed by atoms with Gasteiger partial charge in [-0.1, -0.05) is 6.07 Å². The molecular formula is C21H30N2O6S. The van der Waals surface area contributed by atoms with Gasteiger partial charge in [-0.3, -0.25) is 4.79 Å². The number of carbonyl (C=O) groups excluding carboxylic acids is 2. The maximum absolute atomic E-state index is 13.0. The Hall–Kier alpha value is -1.97. The summed E-state index contributed by atoms with van der Waals surface area (Å²) in [5, 5.41) is 0. The van der Waals surface area contributed by atoms with Gasteiger partial charge in [-0.2, -0.15) is 4.31 Å². The molecule has 2 aliphatic heterocycles. The first-order valence-electron chi connectivity index (χ1n) is 10.4. The zero-order chi connectivity index (χ0) is 21.9. The number of carbonyl (C=O) groups is 2. The van der Waals surface area contributed by atoms with Crippen LogP contribution in [0.1, 0.15) is 49.0 Å². The maximum Gasteiger partial charge on any atom is 0.338 e. The molecule has 2 fully saturated rings. The molecule has 0 aliphatic carbocycles. The third kappa shape index (κ3) is 4.84. The van der Waals surface area contributed by atoms with E-state index in [4.69, 9.17) is 9.47 Å². The quantitative estimate of drug-likeness (QED) is 0.653. The van der Waals surface area contributed by atoms with Gasteiger partial charge >= 0.3 is 5.97 Å². The molecule has 0 saturated carbocycles. The third-order valence-electron chi connectivity index (χ3n) is 5.82. The van der Waals surface area contributed by atoms with E-state index in [1.54, 1.807) is 17.9 Å². The zero-order valence-electron chi connectivity index (χ0n) is 17.8. The lowest BCUT2D eigenvalue weighted by Crippen LogP contribution is -2.49. The van der Waals surface area contributed by atoms with Crippen LogP contribution in [0.4, 0.5) is 0 Å². The van der Waals surface area contributed by atoms with Gasteiger partial charge in [0, 0.05) is 25.2 Å². The molecule has 1 aromatic rings. The van der Waals surface area contributed by atoms with Crippen LogP contribution in [0, 0.1) is 6.92 Å².